The van der Waals surface area contributed by atoms with Crippen molar-refractivity contribution < 1.29 is 19.0 Å². The first-order valence-corrected chi connectivity index (χ1v) is 8.00. The summed E-state index contributed by atoms with van der Waals surface area (Å²) in [6.07, 6.45) is 0. The van der Waals surface area contributed by atoms with E-state index in [9.17, 15) is 9.59 Å². The van der Waals surface area contributed by atoms with Crippen molar-refractivity contribution in [3.63, 3.8) is 0 Å². The molecule has 0 aliphatic rings. The topological polar surface area (TPSA) is 82.6 Å². The van der Waals surface area contributed by atoms with Crippen LogP contribution in [0.3, 0.4) is 0 Å². The average Bonchev–Trinajstić information content (AvgIpc) is 2.66. The minimum absolute atomic E-state index is 0.174. The van der Waals surface area contributed by atoms with Gasteiger partial charge in [-0.3, -0.25) is 4.79 Å². The Labute approximate surface area is 153 Å². The summed E-state index contributed by atoms with van der Waals surface area (Å²) in [4.78, 5) is 27.7. The van der Waals surface area contributed by atoms with Crippen molar-refractivity contribution in [2.75, 3.05) is 21.3 Å². The zero-order chi connectivity index (χ0) is 18.8. The zero-order valence-corrected chi connectivity index (χ0v) is 15.2. The number of aromatic nitrogens is 2. The number of aromatic amines is 1. The maximum absolute atomic E-state index is 13.0. The van der Waals surface area contributed by atoms with Gasteiger partial charge in [0.1, 0.15) is 11.5 Å². The minimum Gasteiger partial charge on any atom is -0.497 e. The molecular weight excluding hydrogens is 356 g/mol. The van der Waals surface area contributed by atoms with Gasteiger partial charge in [0, 0.05) is 6.07 Å². The number of nitrogens with one attached hydrogen (secondary N) is 1. The molecule has 0 amide bonds. The molecule has 1 aromatic heterocycles. The highest BCUT2D eigenvalue weighted by molar-refractivity contribution is 7.71. The fraction of sp³-hybridized carbons (Fsp3) is 0.167. The Balaban J connectivity index is 2.27. The van der Waals surface area contributed by atoms with Gasteiger partial charge in [0.2, 0.25) is 0 Å². The van der Waals surface area contributed by atoms with E-state index in [0.29, 0.717) is 33.7 Å². The van der Waals surface area contributed by atoms with Crippen LogP contribution in [-0.2, 0) is 4.74 Å². The van der Waals surface area contributed by atoms with E-state index >= 15 is 0 Å². The first-order chi connectivity index (χ1) is 12.5. The summed E-state index contributed by atoms with van der Waals surface area (Å²) >= 11 is 5.36. The molecule has 0 aliphatic carbocycles. The lowest BCUT2D eigenvalue weighted by Crippen LogP contribution is -2.21. The molecule has 0 fully saturated rings. The first kappa shape index (κ1) is 17.7. The second-order valence-electron chi connectivity index (χ2n) is 5.36. The lowest BCUT2D eigenvalue weighted by atomic mass is 10.1. The Kier molecular flexibility index (Phi) is 4.77. The summed E-state index contributed by atoms with van der Waals surface area (Å²) in [5.74, 6) is 0.542. The molecular formula is C18H16N2O5S. The highest BCUT2D eigenvalue weighted by Gasteiger charge is 2.14. The maximum Gasteiger partial charge on any atom is 0.337 e. The minimum atomic E-state index is -0.493. The van der Waals surface area contributed by atoms with Crippen LogP contribution < -0.4 is 15.0 Å². The molecule has 3 aromatic rings. The summed E-state index contributed by atoms with van der Waals surface area (Å²) in [6.45, 7) is 0. The van der Waals surface area contributed by atoms with Crippen LogP contribution in [-0.4, -0.2) is 36.8 Å². The Bertz CT molecular complexity index is 1120. The Morgan fingerprint density at radius 1 is 1.08 bits per heavy atom. The number of H-pyrrole nitrogens is 1. The van der Waals surface area contributed by atoms with Crippen LogP contribution in [0.4, 0.5) is 0 Å². The number of esters is 1. The molecule has 0 spiro atoms. The van der Waals surface area contributed by atoms with Gasteiger partial charge in [-0.25, -0.2) is 9.36 Å². The molecule has 0 aliphatic heterocycles. The van der Waals surface area contributed by atoms with Crippen molar-refractivity contribution in [2.45, 2.75) is 0 Å². The number of carbonyl (C=O) groups is 1. The van der Waals surface area contributed by atoms with E-state index in [1.54, 1.807) is 31.4 Å². The van der Waals surface area contributed by atoms with Crippen molar-refractivity contribution in [3.8, 4) is 17.2 Å². The highest BCUT2D eigenvalue weighted by atomic mass is 32.1. The number of nitrogens with zero attached hydrogens (tertiary/aromatic N) is 1. The third-order valence-electron chi connectivity index (χ3n) is 3.95. The summed E-state index contributed by atoms with van der Waals surface area (Å²) in [5, 5.41) is 0.379. The molecule has 0 unspecified atom stereocenters. The summed E-state index contributed by atoms with van der Waals surface area (Å²) in [5.41, 5.74) is 0.929. The lowest BCUT2D eigenvalue weighted by molar-refractivity contribution is 0.0601. The molecule has 3 rings (SSSR count). The number of benzene rings is 2. The number of hydrogen-bond acceptors (Lipinski definition) is 6. The van der Waals surface area contributed by atoms with Crippen LogP contribution in [0.2, 0.25) is 0 Å². The summed E-state index contributed by atoms with van der Waals surface area (Å²) in [6, 6.07) is 9.69. The number of fused-ring (bicyclic) bond motifs is 1. The molecule has 0 bridgehead atoms. The fourth-order valence-corrected chi connectivity index (χ4v) is 2.94. The van der Waals surface area contributed by atoms with Gasteiger partial charge in [0.15, 0.2) is 4.77 Å². The third-order valence-corrected chi connectivity index (χ3v) is 4.23. The average molecular weight is 372 g/mol. The largest absolute Gasteiger partial charge is 0.497 e. The van der Waals surface area contributed by atoms with Gasteiger partial charge >= 0.3 is 5.97 Å². The van der Waals surface area contributed by atoms with E-state index in [2.05, 4.69) is 4.98 Å². The SMILES string of the molecule is COC(=O)c1ccc2c(=O)n(-c3ccc(OC)cc3OC)c(=S)[nH]c2c1. The van der Waals surface area contributed by atoms with E-state index in [4.69, 9.17) is 26.4 Å². The molecule has 0 saturated carbocycles. The number of methoxy groups -OCH3 is 3. The molecule has 8 heteroatoms. The third kappa shape index (κ3) is 2.95. The number of carbonyl (C=O) groups excluding carboxylic acids is 1. The predicted molar refractivity (Wildman–Crippen MR) is 99.2 cm³/mol. The van der Waals surface area contributed by atoms with Gasteiger partial charge in [0.05, 0.1) is 43.5 Å². The van der Waals surface area contributed by atoms with Crippen LogP contribution in [0.25, 0.3) is 16.6 Å². The van der Waals surface area contributed by atoms with Gasteiger partial charge < -0.3 is 19.2 Å². The first-order valence-electron chi connectivity index (χ1n) is 7.60. The van der Waals surface area contributed by atoms with Crippen molar-refractivity contribution >= 4 is 29.1 Å². The zero-order valence-electron chi connectivity index (χ0n) is 14.4. The van der Waals surface area contributed by atoms with E-state index in [1.807, 2.05) is 0 Å². The smallest absolute Gasteiger partial charge is 0.337 e. The van der Waals surface area contributed by atoms with Crippen LogP contribution in [0, 0.1) is 4.77 Å². The summed E-state index contributed by atoms with van der Waals surface area (Å²) in [7, 11) is 4.34. The summed E-state index contributed by atoms with van der Waals surface area (Å²) < 4.78 is 16.8. The Morgan fingerprint density at radius 3 is 2.50 bits per heavy atom. The molecule has 0 saturated heterocycles. The van der Waals surface area contributed by atoms with E-state index in [1.165, 1.54) is 30.9 Å². The molecule has 2 aromatic carbocycles. The molecule has 26 heavy (non-hydrogen) atoms. The maximum atomic E-state index is 13.0. The monoisotopic (exact) mass is 372 g/mol. The lowest BCUT2D eigenvalue weighted by Gasteiger charge is -2.13. The van der Waals surface area contributed by atoms with Crippen molar-refractivity contribution in [2.24, 2.45) is 0 Å². The molecule has 7 nitrogen and oxygen atoms in total. The van der Waals surface area contributed by atoms with Crippen LogP contribution in [0.5, 0.6) is 11.5 Å². The highest BCUT2D eigenvalue weighted by Crippen LogP contribution is 2.27. The molecule has 0 radical (unpaired) electrons. The molecule has 1 N–H and O–H groups in total. The van der Waals surface area contributed by atoms with Gasteiger partial charge in [-0.15, -0.1) is 0 Å². The Hall–Kier alpha value is -3.13. The van der Waals surface area contributed by atoms with E-state index < -0.39 is 5.97 Å². The van der Waals surface area contributed by atoms with Gasteiger partial charge in [-0.05, 0) is 42.5 Å². The second-order valence-corrected chi connectivity index (χ2v) is 5.75. The second kappa shape index (κ2) is 7.01. The normalized spacial score (nSPS) is 10.6. The van der Waals surface area contributed by atoms with Gasteiger partial charge in [-0.1, -0.05) is 0 Å². The molecule has 134 valence electrons. The quantitative estimate of drug-likeness (QED) is 0.560. The van der Waals surface area contributed by atoms with Crippen molar-refractivity contribution in [3.05, 3.63) is 57.1 Å². The van der Waals surface area contributed by atoms with E-state index in [-0.39, 0.29) is 10.3 Å². The van der Waals surface area contributed by atoms with Crippen LogP contribution >= 0.6 is 12.2 Å². The number of ether oxygens (including phenoxy) is 3. The standard InChI is InChI=1S/C18H16N2O5S/c1-23-11-5-7-14(15(9-11)24-2)20-16(21)12-6-4-10(17(22)25-3)8-13(12)19-18(20)26/h4-9H,1-3H3,(H,19,26). The Morgan fingerprint density at radius 2 is 1.85 bits per heavy atom. The molecule has 0 atom stereocenters. The number of hydrogen-bond donors (Lipinski definition) is 1. The number of rotatable bonds is 4. The van der Waals surface area contributed by atoms with Crippen molar-refractivity contribution in [1.29, 1.82) is 0 Å². The van der Waals surface area contributed by atoms with Crippen LogP contribution in [0.1, 0.15) is 10.4 Å². The van der Waals surface area contributed by atoms with Crippen LogP contribution in [0.15, 0.2) is 41.2 Å². The predicted octanol–water partition coefficient (Wildman–Crippen LogP) is 2.85. The van der Waals surface area contributed by atoms with E-state index in [0.717, 1.165) is 0 Å². The van der Waals surface area contributed by atoms with Crippen molar-refractivity contribution in [1.82, 2.24) is 9.55 Å². The molecule has 1 heterocycles. The van der Waals surface area contributed by atoms with Gasteiger partial charge in [0.25, 0.3) is 5.56 Å². The van der Waals surface area contributed by atoms with Gasteiger partial charge in [-0.2, -0.15) is 0 Å². The fourth-order valence-electron chi connectivity index (χ4n) is 2.65.